The summed E-state index contributed by atoms with van der Waals surface area (Å²) in [5.74, 6) is 0. The van der Waals surface area contributed by atoms with Crippen molar-refractivity contribution >= 4 is 34.4 Å². The van der Waals surface area contributed by atoms with Gasteiger partial charge in [0.15, 0.2) is 5.11 Å². The molecule has 0 bridgehead atoms. The molecule has 0 radical (unpaired) electrons. The minimum absolute atomic E-state index is 0.151. The second-order valence-electron chi connectivity index (χ2n) is 4.21. The largest absolute Gasteiger partial charge is 0.375 e. The maximum absolute atomic E-state index is 5.38. The van der Waals surface area contributed by atoms with E-state index in [1.54, 1.807) is 0 Å². The van der Waals surface area contributed by atoms with Gasteiger partial charge in [-0.2, -0.15) is 5.10 Å². The average molecular weight is 284 g/mol. The molecular weight excluding hydrogens is 268 g/mol. The number of anilines is 2. The molecule has 20 heavy (non-hydrogen) atoms. The van der Waals surface area contributed by atoms with E-state index in [0.717, 1.165) is 22.6 Å². The Morgan fingerprint density at radius 3 is 2.40 bits per heavy atom. The van der Waals surface area contributed by atoms with Crippen LogP contribution in [0.3, 0.4) is 0 Å². The molecule has 0 atom stereocenters. The van der Waals surface area contributed by atoms with E-state index in [9.17, 15) is 0 Å². The quantitative estimate of drug-likeness (QED) is 0.459. The average Bonchev–Trinajstić information content (AvgIpc) is 2.46. The highest BCUT2D eigenvalue weighted by atomic mass is 32.1. The van der Waals surface area contributed by atoms with Gasteiger partial charge < -0.3 is 11.1 Å². The summed E-state index contributed by atoms with van der Waals surface area (Å²) in [7, 11) is 0. The number of hydrazone groups is 1. The number of para-hydroxylation sites is 2. The van der Waals surface area contributed by atoms with Crippen molar-refractivity contribution in [1.29, 1.82) is 0 Å². The zero-order valence-corrected chi connectivity index (χ0v) is 11.9. The lowest BCUT2D eigenvalue weighted by Gasteiger charge is -2.12. The number of nitrogens with one attached hydrogen (secondary N) is 2. The highest BCUT2D eigenvalue weighted by molar-refractivity contribution is 7.80. The highest BCUT2D eigenvalue weighted by Gasteiger charge is 2.05. The third-order valence-electron chi connectivity index (χ3n) is 2.70. The molecule has 0 fully saturated rings. The second-order valence-corrected chi connectivity index (χ2v) is 4.65. The van der Waals surface area contributed by atoms with Crippen LogP contribution in [0.2, 0.25) is 0 Å². The van der Waals surface area contributed by atoms with E-state index in [2.05, 4.69) is 15.8 Å². The number of benzene rings is 2. The number of nitrogens with two attached hydrogens (primary N) is 1. The minimum atomic E-state index is 0.151. The third kappa shape index (κ3) is 3.80. The van der Waals surface area contributed by atoms with Crippen LogP contribution in [0.25, 0.3) is 0 Å². The van der Waals surface area contributed by atoms with E-state index in [-0.39, 0.29) is 5.11 Å². The first-order valence-electron chi connectivity index (χ1n) is 6.18. The van der Waals surface area contributed by atoms with E-state index in [4.69, 9.17) is 18.0 Å². The summed E-state index contributed by atoms with van der Waals surface area (Å²) in [6.07, 6.45) is 0. The first-order valence-corrected chi connectivity index (χ1v) is 6.59. The molecule has 0 heterocycles. The van der Waals surface area contributed by atoms with Crippen LogP contribution in [0, 0.1) is 0 Å². The van der Waals surface area contributed by atoms with Crippen molar-refractivity contribution in [2.45, 2.75) is 6.92 Å². The fourth-order valence-electron chi connectivity index (χ4n) is 1.78. The molecule has 4 nitrogen and oxygen atoms in total. The molecule has 2 aromatic carbocycles. The van der Waals surface area contributed by atoms with E-state index in [0.29, 0.717) is 0 Å². The summed E-state index contributed by atoms with van der Waals surface area (Å²) in [6, 6.07) is 17.9. The van der Waals surface area contributed by atoms with Gasteiger partial charge in [-0.15, -0.1) is 0 Å². The Morgan fingerprint density at radius 1 is 1.05 bits per heavy atom. The van der Waals surface area contributed by atoms with Crippen molar-refractivity contribution in [3.05, 3.63) is 60.2 Å². The van der Waals surface area contributed by atoms with Crippen LogP contribution in [-0.4, -0.2) is 10.8 Å². The SMILES string of the molecule is CC(=NNC(N)=S)c1ccccc1Nc1ccccc1. The van der Waals surface area contributed by atoms with Gasteiger partial charge in [0.2, 0.25) is 0 Å². The third-order valence-corrected chi connectivity index (χ3v) is 2.79. The predicted octanol–water partition coefficient (Wildman–Crippen LogP) is 2.99. The Bertz CT molecular complexity index is 623. The molecule has 0 amide bonds. The highest BCUT2D eigenvalue weighted by Crippen LogP contribution is 2.21. The fourth-order valence-corrected chi connectivity index (χ4v) is 1.83. The first kappa shape index (κ1) is 14.0. The van der Waals surface area contributed by atoms with Gasteiger partial charge in [0, 0.05) is 16.9 Å². The van der Waals surface area contributed by atoms with Gasteiger partial charge in [-0.3, -0.25) is 5.43 Å². The Labute approximate surface area is 123 Å². The summed E-state index contributed by atoms with van der Waals surface area (Å²) < 4.78 is 0. The summed E-state index contributed by atoms with van der Waals surface area (Å²) in [6.45, 7) is 1.90. The fraction of sp³-hybridized carbons (Fsp3) is 0.0667. The molecule has 0 aliphatic rings. The molecule has 0 saturated heterocycles. The lowest BCUT2D eigenvalue weighted by Crippen LogP contribution is -2.25. The topological polar surface area (TPSA) is 62.4 Å². The van der Waals surface area contributed by atoms with Crippen molar-refractivity contribution in [1.82, 2.24) is 5.43 Å². The molecule has 0 unspecified atom stereocenters. The Kier molecular flexibility index (Phi) is 4.68. The van der Waals surface area contributed by atoms with Crippen LogP contribution in [-0.2, 0) is 0 Å². The van der Waals surface area contributed by atoms with Gasteiger partial charge in [0.1, 0.15) is 0 Å². The van der Waals surface area contributed by atoms with Crippen LogP contribution in [0.4, 0.5) is 11.4 Å². The summed E-state index contributed by atoms with van der Waals surface area (Å²) in [5.41, 5.74) is 11.8. The maximum atomic E-state index is 5.38. The van der Waals surface area contributed by atoms with E-state index < -0.39 is 0 Å². The molecule has 2 aromatic rings. The number of thiocarbonyl (C=S) groups is 1. The van der Waals surface area contributed by atoms with E-state index >= 15 is 0 Å². The Morgan fingerprint density at radius 2 is 1.70 bits per heavy atom. The molecule has 0 spiro atoms. The van der Waals surface area contributed by atoms with Gasteiger partial charge in [-0.25, -0.2) is 0 Å². The zero-order valence-electron chi connectivity index (χ0n) is 11.1. The molecule has 4 N–H and O–H groups in total. The molecular formula is C15H16N4S. The van der Waals surface area contributed by atoms with Crippen LogP contribution in [0.15, 0.2) is 59.7 Å². The Hall–Kier alpha value is -2.40. The standard InChI is InChI=1S/C15H16N4S/c1-11(18-19-15(16)20)13-9-5-6-10-14(13)17-12-7-3-2-4-8-12/h2-10,17H,1H3,(H3,16,19,20). The number of hydrogen-bond donors (Lipinski definition) is 3. The van der Waals surface area contributed by atoms with E-state index in [1.807, 2.05) is 61.5 Å². The lowest BCUT2D eigenvalue weighted by molar-refractivity contribution is 1.03. The van der Waals surface area contributed by atoms with Crippen LogP contribution >= 0.6 is 12.2 Å². The van der Waals surface area contributed by atoms with Crippen molar-refractivity contribution in [3.63, 3.8) is 0 Å². The monoisotopic (exact) mass is 284 g/mol. The van der Waals surface area contributed by atoms with Crippen LogP contribution in [0.5, 0.6) is 0 Å². The van der Waals surface area contributed by atoms with Gasteiger partial charge in [0.25, 0.3) is 0 Å². The lowest BCUT2D eigenvalue weighted by atomic mass is 10.1. The maximum Gasteiger partial charge on any atom is 0.184 e. The number of hydrogen-bond acceptors (Lipinski definition) is 3. The molecule has 5 heteroatoms. The van der Waals surface area contributed by atoms with Gasteiger partial charge in [0.05, 0.1) is 5.71 Å². The zero-order chi connectivity index (χ0) is 14.4. The van der Waals surface area contributed by atoms with E-state index in [1.165, 1.54) is 0 Å². The van der Waals surface area contributed by atoms with Crippen LogP contribution in [0.1, 0.15) is 12.5 Å². The van der Waals surface area contributed by atoms with Crippen molar-refractivity contribution < 1.29 is 0 Å². The first-order chi connectivity index (χ1) is 9.66. The van der Waals surface area contributed by atoms with Crippen molar-refractivity contribution in [3.8, 4) is 0 Å². The Balaban J connectivity index is 2.26. The molecule has 0 aromatic heterocycles. The normalized spacial score (nSPS) is 10.9. The number of rotatable bonds is 4. The summed E-state index contributed by atoms with van der Waals surface area (Å²) in [5, 5.41) is 7.68. The second kappa shape index (κ2) is 6.68. The molecule has 0 aliphatic carbocycles. The predicted molar refractivity (Wildman–Crippen MR) is 88.3 cm³/mol. The summed E-state index contributed by atoms with van der Waals surface area (Å²) in [4.78, 5) is 0. The van der Waals surface area contributed by atoms with Gasteiger partial charge >= 0.3 is 0 Å². The number of nitrogens with zero attached hydrogens (tertiary/aromatic N) is 1. The van der Waals surface area contributed by atoms with Gasteiger partial charge in [-0.05, 0) is 37.3 Å². The minimum Gasteiger partial charge on any atom is -0.375 e. The smallest absolute Gasteiger partial charge is 0.184 e. The molecule has 102 valence electrons. The van der Waals surface area contributed by atoms with Crippen LogP contribution < -0.4 is 16.5 Å². The van der Waals surface area contributed by atoms with Crippen molar-refractivity contribution in [2.75, 3.05) is 5.32 Å². The molecule has 2 rings (SSSR count). The van der Waals surface area contributed by atoms with Crippen molar-refractivity contribution in [2.24, 2.45) is 10.8 Å². The molecule has 0 aliphatic heterocycles. The molecule has 0 saturated carbocycles. The van der Waals surface area contributed by atoms with Gasteiger partial charge in [-0.1, -0.05) is 36.4 Å². The summed E-state index contributed by atoms with van der Waals surface area (Å²) >= 11 is 4.75.